The van der Waals surface area contributed by atoms with Crippen LogP contribution < -0.4 is 4.90 Å². The lowest BCUT2D eigenvalue weighted by atomic mass is 10.2. The summed E-state index contributed by atoms with van der Waals surface area (Å²) in [4.78, 5) is 18.2. The Labute approximate surface area is 188 Å². The van der Waals surface area contributed by atoms with Crippen LogP contribution in [-0.2, 0) is 13.1 Å². The zero-order chi connectivity index (χ0) is 22.3. The van der Waals surface area contributed by atoms with Crippen LogP contribution in [0.2, 0.25) is 0 Å². The molecular formula is C23H28N8O. The summed E-state index contributed by atoms with van der Waals surface area (Å²) in [7, 11) is 2.15. The Morgan fingerprint density at radius 1 is 1.16 bits per heavy atom. The molecule has 0 saturated carbocycles. The molecule has 3 aromatic rings. The first-order chi connectivity index (χ1) is 15.6. The zero-order valence-electron chi connectivity index (χ0n) is 18.6. The molecule has 0 radical (unpaired) electrons. The lowest BCUT2D eigenvalue weighted by Gasteiger charge is -2.33. The number of hydrogen-bond donors (Lipinski definition) is 0. The predicted molar refractivity (Wildman–Crippen MR) is 126 cm³/mol. The molecule has 32 heavy (non-hydrogen) atoms. The van der Waals surface area contributed by atoms with Gasteiger partial charge in [0.25, 0.3) is 0 Å². The molecule has 4 rings (SSSR count). The number of nitrogens with zero attached hydrogens (tertiary/aromatic N) is 8. The summed E-state index contributed by atoms with van der Waals surface area (Å²) in [5.74, 6) is 2.72. The van der Waals surface area contributed by atoms with E-state index in [-0.39, 0.29) is 6.54 Å². The fourth-order valence-electron chi connectivity index (χ4n) is 3.49. The van der Waals surface area contributed by atoms with Crippen molar-refractivity contribution in [3.05, 3.63) is 60.1 Å². The minimum Gasteiger partial charge on any atom is -0.354 e. The maximum Gasteiger partial charge on any atom is 0.248 e. The summed E-state index contributed by atoms with van der Waals surface area (Å²) in [6, 6.07) is 13.8. The number of aliphatic imine (C=N–C) groups is 1. The molecule has 1 aromatic carbocycles. The Morgan fingerprint density at radius 2 is 1.94 bits per heavy atom. The van der Waals surface area contributed by atoms with E-state index in [0.29, 0.717) is 18.3 Å². The molecule has 9 heteroatoms. The van der Waals surface area contributed by atoms with Crippen LogP contribution in [0, 0.1) is 0 Å². The third kappa shape index (κ3) is 5.36. The van der Waals surface area contributed by atoms with Crippen LogP contribution in [0.25, 0.3) is 11.4 Å². The third-order valence-electron chi connectivity index (χ3n) is 5.46. The molecule has 166 valence electrons. The number of amidine groups is 1. The molecular weight excluding hydrogens is 404 g/mol. The van der Waals surface area contributed by atoms with Crippen molar-refractivity contribution in [3.8, 4) is 11.4 Å². The molecule has 0 spiro atoms. The Kier molecular flexibility index (Phi) is 6.86. The van der Waals surface area contributed by atoms with Gasteiger partial charge in [-0.3, -0.25) is 4.99 Å². The minimum atomic E-state index is 0.278. The molecule has 0 aliphatic carbocycles. The van der Waals surface area contributed by atoms with Crippen LogP contribution in [-0.4, -0.2) is 70.8 Å². The number of pyridine rings is 1. The molecule has 3 heterocycles. The first kappa shape index (κ1) is 21.6. The van der Waals surface area contributed by atoms with E-state index in [9.17, 15) is 0 Å². The van der Waals surface area contributed by atoms with Crippen LogP contribution in [0.4, 0.5) is 5.82 Å². The van der Waals surface area contributed by atoms with E-state index in [1.165, 1.54) is 0 Å². The molecule has 0 N–H and O–H groups in total. The average molecular weight is 433 g/mol. The molecule has 2 aromatic heterocycles. The Morgan fingerprint density at radius 3 is 2.69 bits per heavy atom. The molecule has 1 aliphatic heterocycles. The van der Waals surface area contributed by atoms with Crippen molar-refractivity contribution >= 4 is 18.4 Å². The van der Waals surface area contributed by atoms with Gasteiger partial charge in [0.1, 0.15) is 18.2 Å². The van der Waals surface area contributed by atoms with Crippen molar-refractivity contribution in [3.63, 3.8) is 0 Å². The molecule has 1 aliphatic rings. The van der Waals surface area contributed by atoms with Gasteiger partial charge in [-0.15, -0.1) is 0 Å². The maximum absolute atomic E-state index is 5.34. The highest BCUT2D eigenvalue weighted by Crippen LogP contribution is 2.17. The number of rotatable bonds is 7. The van der Waals surface area contributed by atoms with Crippen molar-refractivity contribution in [1.29, 1.82) is 0 Å². The summed E-state index contributed by atoms with van der Waals surface area (Å²) < 4.78 is 5.34. The number of piperazine rings is 1. The number of hydrazone groups is 1. The van der Waals surface area contributed by atoms with Gasteiger partial charge in [0.2, 0.25) is 11.7 Å². The van der Waals surface area contributed by atoms with E-state index in [1.807, 2.05) is 49.5 Å². The second-order valence-electron chi connectivity index (χ2n) is 7.75. The lowest BCUT2D eigenvalue weighted by molar-refractivity contribution is 0.312. The molecule has 0 amide bonds. The highest BCUT2D eigenvalue weighted by Gasteiger charge is 2.16. The van der Waals surface area contributed by atoms with Gasteiger partial charge in [-0.05, 0) is 31.7 Å². The van der Waals surface area contributed by atoms with Crippen molar-refractivity contribution in [1.82, 2.24) is 25.0 Å². The second kappa shape index (κ2) is 10.1. The summed E-state index contributed by atoms with van der Waals surface area (Å²) in [6.07, 6.45) is 1.85. The molecule has 1 fully saturated rings. The zero-order valence-corrected chi connectivity index (χ0v) is 18.6. The minimum absolute atomic E-state index is 0.278. The summed E-state index contributed by atoms with van der Waals surface area (Å²) >= 11 is 0. The lowest BCUT2D eigenvalue weighted by Crippen LogP contribution is -2.44. The highest BCUT2D eigenvalue weighted by molar-refractivity contribution is 5.79. The largest absolute Gasteiger partial charge is 0.354 e. The molecule has 0 unspecified atom stereocenters. The van der Waals surface area contributed by atoms with E-state index < -0.39 is 0 Å². The Hall–Kier alpha value is -3.59. The van der Waals surface area contributed by atoms with E-state index in [4.69, 9.17) is 4.52 Å². The normalized spacial score (nSPS) is 15.1. The number of likely N-dealkylation sites (N-methyl/N-ethyl adjacent to an activating group) is 1. The van der Waals surface area contributed by atoms with Gasteiger partial charge in [-0.2, -0.15) is 10.1 Å². The van der Waals surface area contributed by atoms with Gasteiger partial charge in [0.05, 0.1) is 6.54 Å². The number of aromatic nitrogens is 3. The summed E-state index contributed by atoms with van der Waals surface area (Å²) in [5.41, 5.74) is 2.01. The molecule has 0 bridgehead atoms. The fourth-order valence-corrected chi connectivity index (χ4v) is 3.49. The van der Waals surface area contributed by atoms with E-state index in [0.717, 1.165) is 49.0 Å². The topological polar surface area (TPSA) is 86.3 Å². The van der Waals surface area contributed by atoms with Crippen LogP contribution in [0.5, 0.6) is 0 Å². The Bertz CT molecular complexity index is 1060. The van der Waals surface area contributed by atoms with Crippen molar-refractivity contribution < 1.29 is 4.52 Å². The van der Waals surface area contributed by atoms with Gasteiger partial charge in [-0.25, -0.2) is 9.99 Å². The highest BCUT2D eigenvalue weighted by atomic mass is 16.5. The average Bonchev–Trinajstić information content (AvgIpc) is 3.31. The number of benzene rings is 1. The maximum atomic E-state index is 5.34. The fraction of sp³-hybridized carbons (Fsp3) is 0.348. The van der Waals surface area contributed by atoms with Gasteiger partial charge in [0.15, 0.2) is 0 Å². The molecule has 1 saturated heterocycles. The third-order valence-corrected chi connectivity index (χ3v) is 5.46. The SMILES string of the molecule is C=NN(Cc1ccnc(N2CCN(C)CC2)c1)/C(C)=N\Cc1nc(-c2ccccc2)no1. The van der Waals surface area contributed by atoms with Gasteiger partial charge >= 0.3 is 0 Å². The standard InChI is InChI=1S/C23H28N8O/c1-18(26-16-22-27-23(28-32-22)20-7-5-4-6-8-20)31(24-2)17-19-9-10-25-21(15-19)30-13-11-29(3)12-14-30/h4-10,15H,2,11-14,16-17H2,1,3H3/b26-18-. The van der Waals surface area contributed by atoms with Crippen LogP contribution in [0.15, 0.2) is 63.3 Å². The van der Waals surface area contributed by atoms with Crippen LogP contribution in [0.3, 0.4) is 0 Å². The van der Waals surface area contributed by atoms with E-state index in [1.54, 1.807) is 5.01 Å². The summed E-state index contributed by atoms with van der Waals surface area (Å²) in [6.45, 7) is 10.5. The first-order valence-corrected chi connectivity index (χ1v) is 10.6. The van der Waals surface area contributed by atoms with Crippen molar-refractivity contribution in [2.45, 2.75) is 20.0 Å². The van der Waals surface area contributed by atoms with Crippen LogP contribution in [0.1, 0.15) is 18.4 Å². The number of hydrogen-bond acceptors (Lipinski definition) is 8. The van der Waals surface area contributed by atoms with E-state index >= 15 is 0 Å². The summed E-state index contributed by atoms with van der Waals surface area (Å²) in [5, 5.41) is 9.94. The van der Waals surface area contributed by atoms with E-state index in [2.05, 4.69) is 54.8 Å². The Balaban J connectivity index is 1.39. The monoisotopic (exact) mass is 432 g/mol. The second-order valence-corrected chi connectivity index (χ2v) is 7.75. The molecule has 9 nitrogen and oxygen atoms in total. The van der Waals surface area contributed by atoms with Crippen molar-refractivity contribution in [2.24, 2.45) is 10.1 Å². The van der Waals surface area contributed by atoms with Gasteiger partial charge in [-0.1, -0.05) is 35.5 Å². The van der Waals surface area contributed by atoms with Crippen molar-refractivity contribution in [2.75, 3.05) is 38.1 Å². The first-order valence-electron chi connectivity index (χ1n) is 10.6. The van der Waals surface area contributed by atoms with Crippen LogP contribution >= 0.6 is 0 Å². The predicted octanol–water partition coefficient (Wildman–Crippen LogP) is 2.92. The van der Waals surface area contributed by atoms with Gasteiger partial charge < -0.3 is 14.3 Å². The number of anilines is 1. The molecule has 0 atom stereocenters. The van der Waals surface area contributed by atoms with Gasteiger partial charge in [0, 0.05) is 44.7 Å². The smallest absolute Gasteiger partial charge is 0.248 e. The quantitative estimate of drug-likeness (QED) is 0.322.